The van der Waals surface area contributed by atoms with Crippen LogP contribution in [0.15, 0.2) is 42.0 Å². The van der Waals surface area contributed by atoms with Gasteiger partial charge in [-0.15, -0.1) is 11.3 Å². The highest BCUT2D eigenvalue weighted by Gasteiger charge is 2.22. The fourth-order valence-corrected chi connectivity index (χ4v) is 4.24. The normalized spacial score (nSPS) is 17.5. The molecular formula is C19H21N3OS. The fraction of sp³-hybridized carbons (Fsp3) is 0.368. The molecular weight excluding hydrogens is 318 g/mol. The first kappa shape index (κ1) is 15.5. The van der Waals surface area contributed by atoms with Crippen molar-refractivity contribution in [2.24, 2.45) is 0 Å². The Kier molecular flexibility index (Phi) is 4.45. The SMILES string of the molecule is CCN(C[C@H]1CCCO1)c1ncnc2scc(-c3ccccc3)c12. The maximum Gasteiger partial charge on any atom is 0.141 e. The third kappa shape index (κ3) is 2.89. The minimum Gasteiger partial charge on any atom is -0.376 e. The van der Waals surface area contributed by atoms with Gasteiger partial charge in [0.25, 0.3) is 0 Å². The van der Waals surface area contributed by atoms with Crippen LogP contribution in [0.5, 0.6) is 0 Å². The molecule has 3 aromatic rings. The van der Waals surface area contributed by atoms with Crippen LogP contribution in [0.2, 0.25) is 0 Å². The molecule has 24 heavy (non-hydrogen) atoms. The number of aromatic nitrogens is 2. The van der Waals surface area contributed by atoms with Gasteiger partial charge in [-0.25, -0.2) is 9.97 Å². The molecule has 1 saturated heterocycles. The Morgan fingerprint density at radius 1 is 1.25 bits per heavy atom. The zero-order valence-corrected chi connectivity index (χ0v) is 14.6. The van der Waals surface area contributed by atoms with E-state index in [4.69, 9.17) is 4.74 Å². The minimum atomic E-state index is 0.314. The molecule has 1 aliphatic heterocycles. The maximum atomic E-state index is 5.83. The lowest BCUT2D eigenvalue weighted by molar-refractivity contribution is 0.115. The number of ether oxygens (including phenoxy) is 1. The van der Waals surface area contributed by atoms with Crippen molar-refractivity contribution in [2.45, 2.75) is 25.9 Å². The van der Waals surface area contributed by atoms with Gasteiger partial charge in [0.1, 0.15) is 17.0 Å². The van der Waals surface area contributed by atoms with Crippen LogP contribution in [-0.2, 0) is 4.74 Å². The van der Waals surface area contributed by atoms with Crippen molar-refractivity contribution in [3.05, 3.63) is 42.0 Å². The highest BCUT2D eigenvalue weighted by atomic mass is 32.1. The molecule has 0 amide bonds. The molecule has 4 nitrogen and oxygen atoms in total. The van der Waals surface area contributed by atoms with Gasteiger partial charge in [0.2, 0.25) is 0 Å². The number of thiophene rings is 1. The average molecular weight is 339 g/mol. The summed E-state index contributed by atoms with van der Waals surface area (Å²) in [6, 6.07) is 10.5. The van der Waals surface area contributed by atoms with E-state index in [9.17, 15) is 0 Å². The van der Waals surface area contributed by atoms with Gasteiger partial charge in [0, 0.05) is 30.6 Å². The molecule has 0 aliphatic carbocycles. The van der Waals surface area contributed by atoms with E-state index in [0.717, 1.165) is 48.6 Å². The molecule has 1 fully saturated rings. The van der Waals surface area contributed by atoms with Gasteiger partial charge >= 0.3 is 0 Å². The van der Waals surface area contributed by atoms with Crippen molar-refractivity contribution in [1.82, 2.24) is 9.97 Å². The fourth-order valence-electron chi connectivity index (χ4n) is 3.33. The number of hydrogen-bond acceptors (Lipinski definition) is 5. The van der Waals surface area contributed by atoms with E-state index >= 15 is 0 Å². The van der Waals surface area contributed by atoms with Gasteiger partial charge in [-0.05, 0) is 25.3 Å². The van der Waals surface area contributed by atoms with E-state index in [1.807, 2.05) is 6.07 Å². The van der Waals surface area contributed by atoms with E-state index in [1.54, 1.807) is 17.7 Å². The molecule has 5 heteroatoms. The van der Waals surface area contributed by atoms with Crippen LogP contribution in [-0.4, -0.2) is 35.8 Å². The number of nitrogens with zero attached hydrogens (tertiary/aromatic N) is 3. The Hall–Kier alpha value is -1.98. The van der Waals surface area contributed by atoms with Crippen LogP contribution in [0, 0.1) is 0 Å². The Bertz CT molecular complexity index is 812. The number of hydrogen-bond donors (Lipinski definition) is 0. The van der Waals surface area contributed by atoms with Crippen molar-refractivity contribution in [2.75, 3.05) is 24.6 Å². The van der Waals surface area contributed by atoms with Crippen molar-refractivity contribution < 1.29 is 4.74 Å². The van der Waals surface area contributed by atoms with Crippen LogP contribution < -0.4 is 4.90 Å². The summed E-state index contributed by atoms with van der Waals surface area (Å²) >= 11 is 1.68. The first-order valence-corrected chi connectivity index (χ1v) is 9.39. The molecule has 0 unspecified atom stereocenters. The molecule has 3 heterocycles. The molecule has 4 rings (SSSR count). The van der Waals surface area contributed by atoms with Gasteiger partial charge in [-0.2, -0.15) is 0 Å². The number of anilines is 1. The van der Waals surface area contributed by atoms with Crippen molar-refractivity contribution in [1.29, 1.82) is 0 Å². The quantitative estimate of drug-likeness (QED) is 0.692. The van der Waals surface area contributed by atoms with Gasteiger partial charge in [-0.1, -0.05) is 30.3 Å². The lowest BCUT2D eigenvalue weighted by Gasteiger charge is -2.25. The molecule has 1 atom stereocenters. The summed E-state index contributed by atoms with van der Waals surface area (Å²) in [6.07, 6.45) is 4.30. The Morgan fingerprint density at radius 3 is 2.88 bits per heavy atom. The first-order chi connectivity index (χ1) is 11.9. The molecule has 0 spiro atoms. The first-order valence-electron chi connectivity index (χ1n) is 8.51. The number of fused-ring (bicyclic) bond motifs is 1. The predicted octanol–water partition coefficient (Wildman–Crippen LogP) is 4.36. The molecule has 2 aromatic heterocycles. The Balaban J connectivity index is 1.78. The molecule has 1 aliphatic rings. The number of likely N-dealkylation sites (N-methyl/N-ethyl adjacent to an activating group) is 1. The van der Waals surface area contributed by atoms with Gasteiger partial charge in [0.15, 0.2) is 0 Å². The van der Waals surface area contributed by atoms with Crippen molar-refractivity contribution in [3.8, 4) is 11.1 Å². The van der Waals surface area contributed by atoms with Gasteiger partial charge < -0.3 is 9.64 Å². The topological polar surface area (TPSA) is 38.2 Å². The predicted molar refractivity (Wildman–Crippen MR) is 99.7 cm³/mol. The number of benzene rings is 1. The zero-order valence-electron chi connectivity index (χ0n) is 13.8. The second-order valence-corrected chi connectivity index (χ2v) is 6.92. The highest BCUT2D eigenvalue weighted by Crippen LogP contribution is 2.37. The van der Waals surface area contributed by atoms with Crippen LogP contribution in [0.25, 0.3) is 21.3 Å². The van der Waals surface area contributed by atoms with E-state index in [1.165, 1.54) is 11.1 Å². The third-order valence-corrected chi connectivity index (χ3v) is 5.45. The lowest BCUT2D eigenvalue weighted by atomic mass is 10.1. The van der Waals surface area contributed by atoms with E-state index < -0.39 is 0 Å². The second-order valence-electron chi connectivity index (χ2n) is 6.07. The summed E-state index contributed by atoms with van der Waals surface area (Å²) < 4.78 is 5.83. The van der Waals surface area contributed by atoms with Gasteiger partial charge in [0.05, 0.1) is 11.5 Å². The Labute approximate surface area is 146 Å². The zero-order chi connectivity index (χ0) is 16.4. The molecule has 1 aromatic carbocycles. The monoisotopic (exact) mass is 339 g/mol. The van der Waals surface area contributed by atoms with Crippen LogP contribution in [0.4, 0.5) is 5.82 Å². The van der Waals surface area contributed by atoms with Crippen molar-refractivity contribution in [3.63, 3.8) is 0 Å². The van der Waals surface area contributed by atoms with E-state index in [-0.39, 0.29) is 0 Å². The van der Waals surface area contributed by atoms with Crippen LogP contribution in [0.1, 0.15) is 19.8 Å². The minimum absolute atomic E-state index is 0.314. The summed E-state index contributed by atoms with van der Waals surface area (Å²) in [6.45, 7) is 4.87. The average Bonchev–Trinajstić information content (AvgIpc) is 3.30. The molecule has 0 N–H and O–H groups in total. The summed E-state index contributed by atoms with van der Waals surface area (Å²) in [5, 5.41) is 3.35. The molecule has 0 radical (unpaired) electrons. The summed E-state index contributed by atoms with van der Waals surface area (Å²) in [5.41, 5.74) is 2.44. The molecule has 0 saturated carbocycles. The highest BCUT2D eigenvalue weighted by molar-refractivity contribution is 7.17. The summed E-state index contributed by atoms with van der Waals surface area (Å²) in [4.78, 5) is 12.5. The van der Waals surface area contributed by atoms with Crippen molar-refractivity contribution >= 4 is 27.4 Å². The number of rotatable bonds is 5. The standard InChI is InChI=1S/C19H21N3OS/c1-2-22(11-15-9-6-10-23-15)18-17-16(14-7-4-3-5-8-14)12-24-19(17)21-13-20-18/h3-5,7-8,12-13,15H,2,6,9-11H2,1H3/t15-/m1/s1. The smallest absolute Gasteiger partial charge is 0.141 e. The summed E-state index contributed by atoms with van der Waals surface area (Å²) in [5.74, 6) is 1.03. The second kappa shape index (κ2) is 6.87. The van der Waals surface area contributed by atoms with Crippen LogP contribution >= 0.6 is 11.3 Å². The third-order valence-electron chi connectivity index (χ3n) is 4.56. The lowest BCUT2D eigenvalue weighted by Crippen LogP contribution is -2.32. The Morgan fingerprint density at radius 2 is 2.12 bits per heavy atom. The van der Waals surface area contributed by atoms with E-state index in [2.05, 4.69) is 51.4 Å². The van der Waals surface area contributed by atoms with Crippen LogP contribution in [0.3, 0.4) is 0 Å². The summed E-state index contributed by atoms with van der Waals surface area (Å²) in [7, 11) is 0. The molecule has 124 valence electrons. The molecule has 0 bridgehead atoms. The largest absolute Gasteiger partial charge is 0.376 e. The maximum absolute atomic E-state index is 5.83. The van der Waals surface area contributed by atoms with Gasteiger partial charge in [-0.3, -0.25) is 0 Å². The van der Waals surface area contributed by atoms with E-state index in [0.29, 0.717) is 6.10 Å².